The summed E-state index contributed by atoms with van der Waals surface area (Å²) >= 11 is 0. The van der Waals surface area contributed by atoms with Crippen LogP contribution in [0.3, 0.4) is 0 Å². The normalized spacial score (nSPS) is 17.8. The highest BCUT2D eigenvalue weighted by atomic mass is 16.5. The van der Waals surface area contributed by atoms with Gasteiger partial charge in [-0.25, -0.2) is 0 Å². The number of hydrogen-bond acceptors (Lipinski definition) is 3. The van der Waals surface area contributed by atoms with Crippen LogP contribution in [0.4, 0.5) is 0 Å². The summed E-state index contributed by atoms with van der Waals surface area (Å²) in [6.45, 7) is 16.5. The molecule has 0 aromatic carbocycles. The van der Waals surface area contributed by atoms with Gasteiger partial charge in [0.25, 0.3) is 0 Å². The molecule has 1 aliphatic heterocycles. The summed E-state index contributed by atoms with van der Waals surface area (Å²) in [6, 6.07) is 0. The summed E-state index contributed by atoms with van der Waals surface area (Å²) in [5.74, 6) is 0.719. The Morgan fingerprint density at radius 1 is 1.22 bits per heavy atom. The molecule has 1 aliphatic rings. The summed E-state index contributed by atoms with van der Waals surface area (Å²) in [5.41, 5.74) is 0.236. The summed E-state index contributed by atoms with van der Waals surface area (Å²) < 4.78 is 5.84. The fourth-order valence-electron chi connectivity index (χ4n) is 2.30. The van der Waals surface area contributed by atoms with E-state index in [-0.39, 0.29) is 5.41 Å². The van der Waals surface area contributed by atoms with Gasteiger partial charge in [0.15, 0.2) is 0 Å². The largest absolute Gasteiger partial charge is 0.380 e. The monoisotopic (exact) mass is 256 g/mol. The molecule has 0 aromatic heterocycles. The number of hydrogen-bond donors (Lipinski definition) is 1. The Morgan fingerprint density at radius 3 is 2.50 bits per heavy atom. The maximum absolute atomic E-state index is 5.84. The lowest BCUT2D eigenvalue weighted by Gasteiger charge is -2.26. The molecular weight excluding hydrogens is 224 g/mol. The molecule has 0 amide bonds. The topological polar surface area (TPSA) is 24.5 Å². The average molecular weight is 256 g/mol. The fraction of sp³-hybridized carbons (Fsp3) is 1.00. The van der Waals surface area contributed by atoms with Crippen molar-refractivity contribution in [1.82, 2.24) is 10.2 Å². The zero-order chi connectivity index (χ0) is 13.4. The van der Waals surface area contributed by atoms with Gasteiger partial charge in [-0.2, -0.15) is 0 Å². The van der Waals surface area contributed by atoms with Gasteiger partial charge in [-0.05, 0) is 38.4 Å². The van der Waals surface area contributed by atoms with Gasteiger partial charge in [-0.15, -0.1) is 0 Å². The average Bonchev–Trinajstić information content (AvgIpc) is 2.76. The molecule has 3 heteroatoms. The lowest BCUT2D eigenvalue weighted by Crippen LogP contribution is -2.35. The highest BCUT2D eigenvalue weighted by molar-refractivity contribution is 4.72. The van der Waals surface area contributed by atoms with Gasteiger partial charge in [0.05, 0.1) is 13.2 Å². The van der Waals surface area contributed by atoms with Crippen LogP contribution < -0.4 is 5.32 Å². The van der Waals surface area contributed by atoms with Crippen molar-refractivity contribution < 1.29 is 4.74 Å². The zero-order valence-electron chi connectivity index (χ0n) is 12.8. The number of nitrogens with one attached hydrogen (secondary N) is 1. The lowest BCUT2D eigenvalue weighted by molar-refractivity contribution is 0.0504. The molecule has 0 radical (unpaired) electrons. The fourth-order valence-corrected chi connectivity index (χ4v) is 2.30. The predicted octanol–water partition coefficient (Wildman–Crippen LogP) is 2.37. The van der Waals surface area contributed by atoms with Crippen LogP contribution in [0.5, 0.6) is 0 Å². The van der Waals surface area contributed by atoms with E-state index in [1.54, 1.807) is 0 Å². The standard InChI is InChI=1S/C15H32N2O/c1-14(2)11-16-12-15(3,4)13-18-10-9-17-7-5-6-8-17/h14,16H,5-13H2,1-4H3. The van der Waals surface area contributed by atoms with Crippen molar-refractivity contribution in [3.63, 3.8) is 0 Å². The van der Waals surface area contributed by atoms with Gasteiger partial charge in [-0.1, -0.05) is 27.7 Å². The zero-order valence-corrected chi connectivity index (χ0v) is 12.8. The van der Waals surface area contributed by atoms with Crippen LogP contribution in [0.25, 0.3) is 0 Å². The van der Waals surface area contributed by atoms with E-state index < -0.39 is 0 Å². The van der Waals surface area contributed by atoms with E-state index in [9.17, 15) is 0 Å². The predicted molar refractivity (Wildman–Crippen MR) is 78.0 cm³/mol. The molecular formula is C15H32N2O. The first kappa shape index (κ1) is 15.9. The van der Waals surface area contributed by atoms with E-state index in [4.69, 9.17) is 4.74 Å². The molecule has 0 spiro atoms. The quantitative estimate of drug-likeness (QED) is 0.641. The third kappa shape index (κ3) is 7.34. The Kier molecular flexibility index (Phi) is 7.20. The maximum atomic E-state index is 5.84. The third-order valence-corrected chi connectivity index (χ3v) is 3.40. The molecule has 18 heavy (non-hydrogen) atoms. The second kappa shape index (κ2) is 8.13. The summed E-state index contributed by atoms with van der Waals surface area (Å²) in [5, 5.41) is 3.52. The Hall–Kier alpha value is -0.120. The summed E-state index contributed by atoms with van der Waals surface area (Å²) in [6.07, 6.45) is 2.73. The third-order valence-electron chi connectivity index (χ3n) is 3.40. The van der Waals surface area contributed by atoms with Crippen molar-refractivity contribution in [1.29, 1.82) is 0 Å². The first-order valence-corrected chi connectivity index (χ1v) is 7.50. The first-order chi connectivity index (χ1) is 8.49. The van der Waals surface area contributed by atoms with Crippen LogP contribution in [0.2, 0.25) is 0 Å². The van der Waals surface area contributed by atoms with Crippen molar-refractivity contribution >= 4 is 0 Å². The Morgan fingerprint density at radius 2 is 1.89 bits per heavy atom. The molecule has 1 fully saturated rings. The highest BCUT2D eigenvalue weighted by Crippen LogP contribution is 2.14. The van der Waals surface area contributed by atoms with Gasteiger partial charge >= 0.3 is 0 Å². The van der Waals surface area contributed by atoms with Crippen LogP contribution in [0.1, 0.15) is 40.5 Å². The molecule has 1 saturated heterocycles. The van der Waals surface area contributed by atoms with E-state index in [1.165, 1.54) is 25.9 Å². The van der Waals surface area contributed by atoms with Crippen LogP contribution in [0, 0.1) is 11.3 Å². The minimum atomic E-state index is 0.236. The first-order valence-electron chi connectivity index (χ1n) is 7.50. The SMILES string of the molecule is CC(C)CNCC(C)(C)COCCN1CCCC1. The van der Waals surface area contributed by atoms with Crippen LogP contribution in [-0.4, -0.2) is 50.8 Å². The molecule has 1 rings (SSSR count). The summed E-state index contributed by atoms with van der Waals surface area (Å²) in [4.78, 5) is 2.50. The minimum Gasteiger partial charge on any atom is -0.380 e. The van der Waals surface area contributed by atoms with E-state index in [0.717, 1.165) is 38.8 Å². The van der Waals surface area contributed by atoms with E-state index >= 15 is 0 Å². The highest BCUT2D eigenvalue weighted by Gasteiger charge is 2.18. The molecule has 0 unspecified atom stereocenters. The van der Waals surface area contributed by atoms with Crippen LogP contribution in [0.15, 0.2) is 0 Å². The number of nitrogens with zero attached hydrogens (tertiary/aromatic N) is 1. The Labute approximate surface area is 113 Å². The van der Waals surface area contributed by atoms with Crippen molar-refractivity contribution in [2.45, 2.75) is 40.5 Å². The van der Waals surface area contributed by atoms with Crippen molar-refractivity contribution in [2.75, 3.05) is 45.9 Å². The molecule has 0 saturated carbocycles. The van der Waals surface area contributed by atoms with Gasteiger partial charge in [0, 0.05) is 18.5 Å². The van der Waals surface area contributed by atoms with E-state index in [0.29, 0.717) is 0 Å². The molecule has 1 N–H and O–H groups in total. The minimum absolute atomic E-state index is 0.236. The van der Waals surface area contributed by atoms with Crippen molar-refractivity contribution in [2.24, 2.45) is 11.3 Å². The Balaban J connectivity index is 2.01. The molecule has 0 bridgehead atoms. The lowest BCUT2D eigenvalue weighted by atomic mass is 9.94. The van der Waals surface area contributed by atoms with Crippen molar-refractivity contribution in [3.05, 3.63) is 0 Å². The second-order valence-corrected chi connectivity index (χ2v) is 6.79. The second-order valence-electron chi connectivity index (χ2n) is 6.79. The van der Waals surface area contributed by atoms with Gasteiger partial charge in [0.1, 0.15) is 0 Å². The van der Waals surface area contributed by atoms with E-state index in [1.807, 2.05) is 0 Å². The number of rotatable bonds is 9. The van der Waals surface area contributed by atoms with Gasteiger partial charge in [-0.3, -0.25) is 0 Å². The van der Waals surface area contributed by atoms with Gasteiger partial charge < -0.3 is 15.0 Å². The smallest absolute Gasteiger partial charge is 0.0593 e. The molecule has 3 nitrogen and oxygen atoms in total. The number of ether oxygens (including phenoxy) is 1. The molecule has 0 atom stereocenters. The van der Waals surface area contributed by atoms with Gasteiger partial charge in [0.2, 0.25) is 0 Å². The van der Waals surface area contributed by atoms with E-state index in [2.05, 4.69) is 37.9 Å². The Bertz CT molecular complexity index is 211. The molecule has 108 valence electrons. The van der Waals surface area contributed by atoms with Crippen molar-refractivity contribution in [3.8, 4) is 0 Å². The molecule has 0 aromatic rings. The van der Waals surface area contributed by atoms with Crippen LogP contribution >= 0.6 is 0 Å². The maximum Gasteiger partial charge on any atom is 0.0593 e. The molecule has 1 heterocycles. The van der Waals surface area contributed by atoms with Crippen LogP contribution in [-0.2, 0) is 4.74 Å². The molecule has 0 aliphatic carbocycles. The summed E-state index contributed by atoms with van der Waals surface area (Å²) in [7, 11) is 0. The number of likely N-dealkylation sites (tertiary alicyclic amines) is 1.